The second kappa shape index (κ2) is 9.21. The first kappa shape index (κ1) is 22.3. The molecule has 1 N–H and O–H groups in total. The number of halogens is 1. The van der Waals surface area contributed by atoms with Crippen LogP contribution in [0.4, 0.5) is 5.82 Å². The molecule has 1 atom stereocenters. The van der Waals surface area contributed by atoms with Gasteiger partial charge in [0.1, 0.15) is 17.7 Å². The Labute approximate surface area is 186 Å². The van der Waals surface area contributed by atoms with E-state index in [9.17, 15) is 4.79 Å². The molecule has 0 aliphatic heterocycles. The lowest BCUT2D eigenvalue weighted by atomic mass is 9.76. The molecule has 2 aromatic rings. The maximum Gasteiger partial charge on any atom is 0.337 e. The second-order valence-corrected chi connectivity index (χ2v) is 9.61. The Hall–Kier alpha value is -2.34. The molecule has 0 saturated carbocycles. The quantitative estimate of drug-likeness (QED) is 0.494. The first-order chi connectivity index (χ1) is 14.2. The van der Waals surface area contributed by atoms with Crippen LogP contribution in [-0.2, 0) is 6.54 Å². The van der Waals surface area contributed by atoms with Gasteiger partial charge in [0.25, 0.3) is 0 Å². The zero-order valence-electron chi connectivity index (χ0n) is 18.0. The first-order valence-corrected chi connectivity index (χ1v) is 11.0. The molecule has 1 aromatic carbocycles. The molecule has 0 radical (unpaired) electrons. The van der Waals surface area contributed by atoms with Crippen LogP contribution in [-0.4, -0.2) is 28.7 Å². The Morgan fingerprint density at radius 1 is 1.33 bits per heavy atom. The summed E-state index contributed by atoms with van der Waals surface area (Å²) in [4.78, 5) is 17.6. The number of anilines is 1. The van der Waals surface area contributed by atoms with E-state index in [4.69, 9.17) is 9.84 Å². The summed E-state index contributed by atoms with van der Waals surface area (Å²) in [6.45, 7) is 10.2. The predicted octanol–water partition coefficient (Wildman–Crippen LogP) is 6.08. The number of hydrogen-bond acceptors (Lipinski definition) is 4. The molecule has 1 unspecified atom stereocenters. The number of allylic oxidation sites excluding steroid dienone is 1. The lowest BCUT2D eigenvalue weighted by molar-refractivity contribution is 0.0696. The average Bonchev–Trinajstić information content (AvgIpc) is 2.66. The highest BCUT2D eigenvalue weighted by molar-refractivity contribution is 9.10. The van der Waals surface area contributed by atoms with Crippen molar-refractivity contribution in [2.24, 2.45) is 5.41 Å². The summed E-state index contributed by atoms with van der Waals surface area (Å²) in [6.07, 6.45) is 5.77. The lowest BCUT2D eigenvalue weighted by Gasteiger charge is -2.34. The number of nitrogens with zero attached hydrogens (tertiary/aromatic N) is 2. The number of rotatable bonds is 7. The van der Waals surface area contributed by atoms with Gasteiger partial charge >= 0.3 is 5.97 Å². The zero-order chi connectivity index (χ0) is 21.9. The summed E-state index contributed by atoms with van der Waals surface area (Å²) in [5.74, 6) is 0.632. The molecule has 6 heteroatoms. The molecule has 0 saturated heterocycles. The number of aromatic carboxylic acids is 1. The van der Waals surface area contributed by atoms with Crippen molar-refractivity contribution in [3.63, 3.8) is 0 Å². The van der Waals surface area contributed by atoms with Crippen LogP contribution in [0.25, 0.3) is 0 Å². The summed E-state index contributed by atoms with van der Waals surface area (Å²) in [7, 11) is 0. The minimum absolute atomic E-state index is 0.0525. The fraction of sp³-hybridized carbons (Fsp3) is 0.417. The van der Waals surface area contributed by atoms with E-state index in [0.29, 0.717) is 6.54 Å². The van der Waals surface area contributed by atoms with Gasteiger partial charge in [-0.3, -0.25) is 0 Å². The van der Waals surface area contributed by atoms with Crippen LogP contribution in [0.15, 0.2) is 52.7 Å². The lowest BCUT2D eigenvalue weighted by Crippen LogP contribution is -2.29. The Kier molecular flexibility index (Phi) is 6.86. The minimum Gasteiger partial charge on any atom is -0.486 e. The van der Waals surface area contributed by atoms with Gasteiger partial charge in [0.15, 0.2) is 0 Å². The standard InChI is InChI=1S/C24H29BrN2O3/c1-5-27(22-9-6-17(14-26-22)23(28)29)15-18-11-19(25)7-8-21(18)30-20-10-16(2)12-24(3,4)13-20/h6-11,14,20H,5,12-13,15H2,1-4H3,(H,28,29). The van der Waals surface area contributed by atoms with Crippen LogP contribution >= 0.6 is 15.9 Å². The number of carboxylic acid groups (broad SMARTS) is 1. The minimum atomic E-state index is -0.974. The number of carbonyl (C=O) groups is 1. The molecular weight excluding hydrogens is 444 g/mol. The number of carboxylic acids is 1. The Morgan fingerprint density at radius 2 is 2.10 bits per heavy atom. The fourth-order valence-corrected chi connectivity index (χ4v) is 4.50. The number of aromatic nitrogens is 1. The van der Waals surface area contributed by atoms with Crippen molar-refractivity contribution in [2.75, 3.05) is 11.4 Å². The third kappa shape index (κ3) is 5.63. The third-order valence-electron chi connectivity index (χ3n) is 5.34. The zero-order valence-corrected chi connectivity index (χ0v) is 19.6. The molecule has 1 heterocycles. The molecule has 1 aromatic heterocycles. The van der Waals surface area contributed by atoms with Crippen LogP contribution in [0, 0.1) is 5.41 Å². The van der Waals surface area contributed by atoms with Crippen molar-refractivity contribution in [3.8, 4) is 5.75 Å². The van der Waals surface area contributed by atoms with Gasteiger partial charge in [0.2, 0.25) is 0 Å². The molecule has 1 aliphatic carbocycles. The molecule has 160 valence electrons. The van der Waals surface area contributed by atoms with E-state index in [-0.39, 0.29) is 17.1 Å². The molecule has 3 rings (SSSR count). The van der Waals surface area contributed by atoms with Crippen molar-refractivity contribution in [1.29, 1.82) is 0 Å². The van der Waals surface area contributed by atoms with Gasteiger partial charge in [0, 0.05) is 29.3 Å². The van der Waals surface area contributed by atoms with Crippen LogP contribution < -0.4 is 9.64 Å². The van der Waals surface area contributed by atoms with E-state index < -0.39 is 5.97 Å². The monoisotopic (exact) mass is 472 g/mol. The summed E-state index contributed by atoms with van der Waals surface area (Å²) < 4.78 is 7.45. The van der Waals surface area contributed by atoms with Crippen molar-refractivity contribution >= 4 is 27.7 Å². The van der Waals surface area contributed by atoms with Gasteiger partial charge in [-0.05, 0) is 68.5 Å². The van der Waals surface area contributed by atoms with Crippen LogP contribution in [0.1, 0.15) is 56.5 Å². The van der Waals surface area contributed by atoms with Crippen molar-refractivity contribution in [3.05, 3.63) is 63.8 Å². The SMILES string of the molecule is CCN(Cc1cc(Br)ccc1OC1C=C(C)CC(C)(C)C1)c1ccc(C(=O)O)cn1. The van der Waals surface area contributed by atoms with Crippen molar-refractivity contribution in [2.45, 2.75) is 53.2 Å². The smallest absolute Gasteiger partial charge is 0.337 e. The molecule has 0 amide bonds. The summed E-state index contributed by atoms with van der Waals surface area (Å²) in [6, 6.07) is 9.43. The number of benzene rings is 1. The molecule has 0 fully saturated rings. The molecular formula is C24H29BrN2O3. The van der Waals surface area contributed by atoms with Crippen molar-refractivity contribution < 1.29 is 14.6 Å². The topological polar surface area (TPSA) is 62.7 Å². The Morgan fingerprint density at radius 3 is 2.70 bits per heavy atom. The van der Waals surface area contributed by atoms with Gasteiger partial charge in [-0.1, -0.05) is 35.4 Å². The molecule has 5 nitrogen and oxygen atoms in total. The van der Waals surface area contributed by atoms with E-state index in [1.807, 2.05) is 12.1 Å². The Bertz CT molecular complexity index is 938. The number of ether oxygens (including phenoxy) is 1. The summed E-state index contributed by atoms with van der Waals surface area (Å²) >= 11 is 3.58. The van der Waals surface area contributed by atoms with E-state index in [2.05, 4.69) is 65.7 Å². The second-order valence-electron chi connectivity index (χ2n) is 8.69. The average molecular weight is 473 g/mol. The largest absolute Gasteiger partial charge is 0.486 e. The van der Waals surface area contributed by atoms with E-state index in [1.165, 1.54) is 11.8 Å². The maximum atomic E-state index is 11.1. The van der Waals surface area contributed by atoms with Gasteiger partial charge in [-0.25, -0.2) is 9.78 Å². The highest BCUT2D eigenvalue weighted by Crippen LogP contribution is 2.37. The highest BCUT2D eigenvalue weighted by atomic mass is 79.9. The van der Waals surface area contributed by atoms with Crippen molar-refractivity contribution in [1.82, 2.24) is 4.98 Å². The van der Waals surface area contributed by atoms with Gasteiger partial charge < -0.3 is 14.7 Å². The fourth-order valence-electron chi connectivity index (χ4n) is 4.09. The predicted molar refractivity (Wildman–Crippen MR) is 123 cm³/mol. The maximum absolute atomic E-state index is 11.1. The van der Waals surface area contributed by atoms with Crippen LogP contribution in [0.2, 0.25) is 0 Å². The molecule has 1 aliphatic rings. The van der Waals surface area contributed by atoms with E-state index in [1.54, 1.807) is 12.1 Å². The molecule has 30 heavy (non-hydrogen) atoms. The van der Waals surface area contributed by atoms with Crippen LogP contribution in [0.3, 0.4) is 0 Å². The summed E-state index contributed by atoms with van der Waals surface area (Å²) in [5.41, 5.74) is 2.84. The summed E-state index contributed by atoms with van der Waals surface area (Å²) in [5, 5.41) is 9.10. The van der Waals surface area contributed by atoms with E-state index in [0.717, 1.165) is 41.0 Å². The first-order valence-electron chi connectivity index (χ1n) is 10.2. The number of hydrogen-bond donors (Lipinski definition) is 1. The van der Waals surface area contributed by atoms with Gasteiger partial charge in [-0.2, -0.15) is 0 Å². The van der Waals surface area contributed by atoms with Crippen LogP contribution in [0.5, 0.6) is 5.75 Å². The molecule has 0 bridgehead atoms. The normalized spacial score (nSPS) is 17.9. The highest BCUT2D eigenvalue weighted by Gasteiger charge is 2.28. The van der Waals surface area contributed by atoms with Gasteiger partial charge in [-0.15, -0.1) is 0 Å². The third-order valence-corrected chi connectivity index (χ3v) is 5.84. The molecule has 0 spiro atoms. The Balaban J connectivity index is 1.83. The van der Waals surface area contributed by atoms with Gasteiger partial charge in [0.05, 0.1) is 5.56 Å². The van der Waals surface area contributed by atoms with E-state index >= 15 is 0 Å². The number of pyridine rings is 1.